The molecule has 0 spiro atoms. The number of rotatable bonds is 6. The molecule has 2 saturated heterocycles. The van der Waals surface area contributed by atoms with E-state index in [9.17, 15) is 49.4 Å². The van der Waals surface area contributed by atoms with Crippen LogP contribution in [0.15, 0.2) is 18.3 Å². The van der Waals surface area contributed by atoms with Gasteiger partial charge in [-0.1, -0.05) is 0 Å². The Balaban J connectivity index is 0.000000521. The van der Waals surface area contributed by atoms with E-state index in [0.717, 1.165) is 31.2 Å². The minimum absolute atomic E-state index is 0.0517. The topological polar surface area (TPSA) is 162 Å². The largest absolute Gasteiger partial charge is 0.490 e. The molecule has 3 fully saturated rings. The number of aliphatic carboxylic acids is 2. The van der Waals surface area contributed by atoms with E-state index in [4.69, 9.17) is 29.3 Å². The van der Waals surface area contributed by atoms with Gasteiger partial charge in [-0.05, 0) is 51.7 Å². The van der Waals surface area contributed by atoms with Gasteiger partial charge in [-0.25, -0.2) is 14.6 Å². The van der Waals surface area contributed by atoms with Crippen LogP contribution in [0.25, 0.3) is 0 Å². The first-order chi connectivity index (χ1) is 22.8. The van der Waals surface area contributed by atoms with Crippen molar-refractivity contribution >= 4 is 23.7 Å². The van der Waals surface area contributed by atoms with Gasteiger partial charge in [0.15, 0.2) is 0 Å². The molecule has 4 N–H and O–H groups in total. The summed E-state index contributed by atoms with van der Waals surface area (Å²) in [7, 11) is 1.67. The number of alkyl halides is 9. The first kappa shape index (κ1) is 42.7. The van der Waals surface area contributed by atoms with Crippen molar-refractivity contribution < 1.29 is 78.7 Å². The van der Waals surface area contributed by atoms with Crippen LogP contribution in [0.4, 0.5) is 45.3 Å². The maximum Gasteiger partial charge on any atom is 0.490 e. The van der Waals surface area contributed by atoms with E-state index in [0.29, 0.717) is 52.2 Å². The molecule has 21 heteroatoms. The van der Waals surface area contributed by atoms with Crippen LogP contribution in [0.2, 0.25) is 0 Å². The Hall–Kier alpha value is -3.43. The fourth-order valence-corrected chi connectivity index (χ4v) is 5.85. The molecule has 0 radical (unpaired) electrons. The summed E-state index contributed by atoms with van der Waals surface area (Å²) in [5.74, 6) is -5.35. The summed E-state index contributed by atoms with van der Waals surface area (Å²) in [6.07, 6.45) is -10.8. The quantitative estimate of drug-likeness (QED) is 0.315. The number of carbonyl (C=O) groups excluding carboxylic acids is 1. The number of ether oxygens (including phenoxy) is 2. The molecular formula is C29H39F9N4O8. The third-order valence-electron chi connectivity index (χ3n) is 8.60. The molecular weight excluding hydrogens is 703 g/mol. The summed E-state index contributed by atoms with van der Waals surface area (Å²) in [6.45, 7) is 6.05. The van der Waals surface area contributed by atoms with Crippen LogP contribution < -0.4 is 10.2 Å². The number of carboxylic acids is 2. The standard InChI is InChI=1S/C25H37F3N4O4.2C2HF3O2/c1-23(2,34)24(7-4-18(15-24)30-19-6-13-36-16-20(19)35-3)22(33)32-11-9-31(10-12-32)21-14-17(5-8-29-21)25(26,27)28;2*3-2(4,5)1(6)7/h5,8,14,18-20,30,34H,4,6-7,9-13,15-16H2,1-3H3;2*(H,6,7)/t18-,19?,20?,24-;;/m0../s1. The van der Waals surface area contributed by atoms with Gasteiger partial charge in [0.25, 0.3) is 0 Å². The van der Waals surface area contributed by atoms with Crippen LogP contribution in [0.5, 0.6) is 0 Å². The number of aliphatic hydroxyl groups is 1. The number of methoxy groups -OCH3 is 1. The minimum atomic E-state index is -5.08. The average molecular weight is 743 g/mol. The Kier molecular flexibility index (Phi) is 14.3. The highest BCUT2D eigenvalue weighted by Gasteiger charge is 2.56. The average Bonchev–Trinajstić information content (AvgIpc) is 3.46. The van der Waals surface area contributed by atoms with Crippen molar-refractivity contribution in [2.24, 2.45) is 5.41 Å². The molecule has 1 saturated carbocycles. The van der Waals surface area contributed by atoms with E-state index in [1.807, 2.05) is 0 Å². The second kappa shape index (κ2) is 16.7. The van der Waals surface area contributed by atoms with Gasteiger partial charge in [0.2, 0.25) is 5.91 Å². The van der Waals surface area contributed by atoms with Gasteiger partial charge in [-0.3, -0.25) is 4.79 Å². The van der Waals surface area contributed by atoms with Gasteiger partial charge >= 0.3 is 30.5 Å². The van der Waals surface area contributed by atoms with Crippen molar-refractivity contribution in [2.75, 3.05) is 51.4 Å². The number of hydrogen-bond acceptors (Lipinski definition) is 9. The predicted molar refractivity (Wildman–Crippen MR) is 155 cm³/mol. The first-order valence-electron chi connectivity index (χ1n) is 15.1. The zero-order chi connectivity index (χ0) is 38.3. The maximum absolute atomic E-state index is 13.9. The van der Waals surface area contributed by atoms with E-state index in [2.05, 4.69) is 10.3 Å². The lowest BCUT2D eigenvalue weighted by Crippen LogP contribution is -2.59. The fraction of sp³-hybridized carbons (Fsp3) is 0.724. The molecule has 1 amide bonds. The number of nitrogens with one attached hydrogen (secondary N) is 1. The molecule has 1 aliphatic carbocycles. The Morgan fingerprint density at radius 3 is 1.96 bits per heavy atom. The number of carboxylic acid groups (broad SMARTS) is 2. The molecule has 1 aromatic heterocycles. The maximum atomic E-state index is 13.9. The number of aromatic nitrogens is 1. The highest BCUT2D eigenvalue weighted by atomic mass is 19.4. The van der Waals surface area contributed by atoms with Crippen LogP contribution in [0.3, 0.4) is 0 Å². The number of carbonyl (C=O) groups is 3. The number of anilines is 1. The van der Waals surface area contributed by atoms with Gasteiger partial charge in [-0.2, -0.15) is 39.5 Å². The normalized spacial score (nSPS) is 24.8. The van der Waals surface area contributed by atoms with Crippen LogP contribution in [0, 0.1) is 5.41 Å². The van der Waals surface area contributed by atoms with Crippen LogP contribution in [0.1, 0.15) is 45.1 Å². The summed E-state index contributed by atoms with van der Waals surface area (Å²) in [6, 6.07) is 2.20. The number of hydrogen-bond donors (Lipinski definition) is 4. The number of nitrogens with zero attached hydrogens (tertiary/aromatic N) is 3. The van der Waals surface area contributed by atoms with E-state index >= 15 is 0 Å². The lowest BCUT2D eigenvalue weighted by Gasteiger charge is -2.45. The monoisotopic (exact) mass is 742 g/mol. The summed E-state index contributed by atoms with van der Waals surface area (Å²) < 4.78 is 114. The third-order valence-corrected chi connectivity index (χ3v) is 8.60. The molecule has 4 rings (SSSR count). The van der Waals surface area contributed by atoms with Gasteiger partial charge < -0.3 is 39.9 Å². The summed E-state index contributed by atoms with van der Waals surface area (Å²) in [4.78, 5) is 39.3. The van der Waals surface area contributed by atoms with Crippen molar-refractivity contribution in [3.05, 3.63) is 23.9 Å². The molecule has 3 heterocycles. The van der Waals surface area contributed by atoms with Crippen molar-refractivity contribution in [2.45, 2.75) is 81.8 Å². The first-order valence-corrected chi connectivity index (χ1v) is 15.1. The Bertz CT molecular complexity index is 1280. The van der Waals surface area contributed by atoms with Gasteiger partial charge in [-0.15, -0.1) is 0 Å². The summed E-state index contributed by atoms with van der Waals surface area (Å²) >= 11 is 0. The molecule has 3 aliphatic rings. The second-order valence-corrected chi connectivity index (χ2v) is 12.3. The van der Waals surface area contributed by atoms with Gasteiger partial charge in [0.1, 0.15) is 5.82 Å². The van der Waals surface area contributed by atoms with E-state index in [1.165, 1.54) is 0 Å². The van der Waals surface area contributed by atoms with Crippen molar-refractivity contribution in [1.82, 2.24) is 15.2 Å². The van der Waals surface area contributed by atoms with Gasteiger partial charge in [0.05, 0.1) is 29.3 Å². The van der Waals surface area contributed by atoms with E-state index in [1.54, 1.807) is 30.8 Å². The van der Waals surface area contributed by atoms with Crippen molar-refractivity contribution in [1.29, 1.82) is 0 Å². The van der Waals surface area contributed by atoms with Crippen molar-refractivity contribution in [3.63, 3.8) is 0 Å². The Morgan fingerprint density at radius 2 is 1.50 bits per heavy atom. The zero-order valence-corrected chi connectivity index (χ0v) is 27.2. The number of piperazine rings is 1. The minimum Gasteiger partial charge on any atom is -0.475 e. The number of amides is 1. The molecule has 2 aliphatic heterocycles. The Labute approximate surface area is 280 Å². The molecule has 0 aromatic carbocycles. The molecule has 0 bridgehead atoms. The molecule has 50 heavy (non-hydrogen) atoms. The lowest BCUT2D eigenvalue weighted by atomic mass is 9.70. The molecule has 286 valence electrons. The Morgan fingerprint density at radius 1 is 0.960 bits per heavy atom. The third kappa shape index (κ3) is 11.6. The predicted octanol–water partition coefficient (Wildman–Crippen LogP) is 3.72. The molecule has 4 atom stereocenters. The highest BCUT2D eigenvalue weighted by molar-refractivity contribution is 5.85. The fourth-order valence-electron chi connectivity index (χ4n) is 5.85. The second-order valence-electron chi connectivity index (χ2n) is 12.3. The van der Waals surface area contributed by atoms with Crippen molar-refractivity contribution in [3.8, 4) is 0 Å². The molecule has 1 aromatic rings. The zero-order valence-electron chi connectivity index (χ0n) is 27.2. The van der Waals surface area contributed by atoms with Crippen LogP contribution >= 0.6 is 0 Å². The summed E-state index contributed by atoms with van der Waals surface area (Å²) in [5, 5.41) is 29.1. The van der Waals surface area contributed by atoms with Crippen LogP contribution in [-0.4, -0.2) is 126 Å². The lowest BCUT2D eigenvalue weighted by molar-refractivity contribution is -0.193. The highest BCUT2D eigenvalue weighted by Crippen LogP contribution is 2.48. The van der Waals surface area contributed by atoms with E-state index in [-0.39, 0.29) is 29.9 Å². The summed E-state index contributed by atoms with van der Waals surface area (Å²) in [5.41, 5.74) is -2.90. The van der Waals surface area contributed by atoms with Crippen LogP contribution in [-0.2, 0) is 30.0 Å². The number of pyridine rings is 1. The van der Waals surface area contributed by atoms with Gasteiger partial charge in [0, 0.05) is 58.2 Å². The molecule has 2 unspecified atom stereocenters. The van der Waals surface area contributed by atoms with E-state index < -0.39 is 47.0 Å². The molecule has 12 nitrogen and oxygen atoms in total. The SMILES string of the molecule is COC1COCCC1N[C@H]1CC[C@](C(=O)N2CCN(c3cc(C(F)(F)F)ccn3)CC2)(C(C)(C)O)C1.O=C(O)C(F)(F)F.O=C(O)C(F)(F)F. The number of halogens is 9. The smallest absolute Gasteiger partial charge is 0.475 e.